The first kappa shape index (κ1) is 12.3. The second kappa shape index (κ2) is 4.16. The number of aryl methyl sites for hydroxylation is 1. The molecule has 5 heteroatoms. The lowest BCUT2D eigenvalue weighted by atomic mass is 9.85. The molecule has 1 aromatic carbocycles. The number of carbonyl (C=O) groups is 2. The van der Waals surface area contributed by atoms with Crippen molar-refractivity contribution in [3.63, 3.8) is 0 Å². The number of aromatic hydroxyl groups is 1. The van der Waals surface area contributed by atoms with Crippen molar-refractivity contribution in [2.24, 2.45) is 0 Å². The molecule has 20 heavy (non-hydrogen) atoms. The van der Waals surface area contributed by atoms with Crippen molar-refractivity contribution >= 4 is 11.6 Å². The number of methoxy groups -OCH3 is 1. The normalized spacial score (nSPS) is 12.9. The average Bonchev–Trinajstić information content (AvgIpc) is 2.44. The Morgan fingerprint density at radius 1 is 1.15 bits per heavy atom. The van der Waals surface area contributed by atoms with Gasteiger partial charge < -0.3 is 9.84 Å². The van der Waals surface area contributed by atoms with E-state index < -0.39 is 5.78 Å². The number of benzene rings is 1. The standard InChI is InChI=1S/C15H11NO4/c1-7-5-8-13(16-6-7)15(19)11-9(17)3-4-10(20-2)12(11)14(8)18/h3-6,17H,1-2H3. The third-order valence-electron chi connectivity index (χ3n) is 3.30. The topological polar surface area (TPSA) is 76.5 Å². The fourth-order valence-electron chi connectivity index (χ4n) is 2.37. The number of rotatable bonds is 1. The second-order valence-electron chi connectivity index (χ2n) is 4.60. The van der Waals surface area contributed by atoms with Gasteiger partial charge in [-0.15, -0.1) is 0 Å². The number of carbonyl (C=O) groups excluding carboxylic acids is 2. The highest BCUT2D eigenvalue weighted by Crippen LogP contribution is 2.37. The van der Waals surface area contributed by atoms with Crippen molar-refractivity contribution in [3.05, 3.63) is 52.3 Å². The molecule has 0 bridgehead atoms. The van der Waals surface area contributed by atoms with E-state index in [2.05, 4.69) is 4.98 Å². The van der Waals surface area contributed by atoms with Crippen molar-refractivity contribution in [1.82, 2.24) is 4.98 Å². The van der Waals surface area contributed by atoms with Gasteiger partial charge in [0.05, 0.1) is 23.8 Å². The summed E-state index contributed by atoms with van der Waals surface area (Å²) in [6.07, 6.45) is 1.52. The van der Waals surface area contributed by atoms with Gasteiger partial charge in [0.15, 0.2) is 5.78 Å². The van der Waals surface area contributed by atoms with Crippen molar-refractivity contribution in [1.29, 1.82) is 0 Å². The Kier molecular flexibility index (Phi) is 2.57. The summed E-state index contributed by atoms with van der Waals surface area (Å²) in [6.45, 7) is 1.79. The molecular formula is C15H11NO4. The predicted octanol–water partition coefficient (Wildman–Crippen LogP) is 1.88. The number of pyridine rings is 1. The van der Waals surface area contributed by atoms with E-state index in [1.54, 1.807) is 13.0 Å². The zero-order valence-electron chi connectivity index (χ0n) is 10.9. The van der Waals surface area contributed by atoms with Gasteiger partial charge in [0, 0.05) is 6.20 Å². The summed E-state index contributed by atoms with van der Waals surface area (Å²) in [5.74, 6) is -0.806. The molecule has 1 N–H and O–H groups in total. The van der Waals surface area contributed by atoms with E-state index in [-0.39, 0.29) is 39.7 Å². The third kappa shape index (κ3) is 1.53. The van der Waals surface area contributed by atoms with Crippen LogP contribution in [0.15, 0.2) is 24.4 Å². The number of hydrogen-bond acceptors (Lipinski definition) is 5. The zero-order chi connectivity index (χ0) is 14.4. The van der Waals surface area contributed by atoms with Gasteiger partial charge in [0.2, 0.25) is 5.78 Å². The fourth-order valence-corrected chi connectivity index (χ4v) is 2.37. The van der Waals surface area contributed by atoms with Gasteiger partial charge in [0.25, 0.3) is 0 Å². The molecule has 0 amide bonds. The van der Waals surface area contributed by atoms with Crippen LogP contribution in [0.3, 0.4) is 0 Å². The first-order valence-corrected chi connectivity index (χ1v) is 6.00. The van der Waals surface area contributed by atoms with E-state index >= 15 is 0 Å². The molecule has 100 valence electrons. The number of ketones is 2. The highest BCUT2D eigenvalue weighted by atomic mass is 16.5. The Hall–Kier alpha value is -2.69. The molecular weight excluding hydrogens is 258 g/mol. The van der Waals surface area contributed by atoms with E-state index in [1.807, 2.05) is 0 Å². The molecule has 0 fully saturated rings. The molecule has 5 nitrogen and oxygen atoms in total. The summed E-state index contributed by atoms with van der Waals surface area (Å²) in [6, 6.07) is 4.42. The molecule has 0 saturated heterocycles. The van der Waals surface area contributed by atoms with Crippen LogP contribution < -0.4 is 4.74 Å². The maximum atomic E-state index is 12.6. The summed E-state index contributed by atoms with van der Waals surface area (Å²) in [5, 5.41) is 9.89. The summed E-state index contributed by atoms with van der Waals surface area (Å²) in [7, 11) is 1.41. The third-order valence-corrected chi connectivity index (χ3v) is 3.30. The van der Waals surface area contributed by atoms with Crippen LogP contribution >= 0.6 is 0 Å². The molecule has 0 aliphatic heterocycles. The molecule has 1 aliphatic carbocycles. The van der Waals surface area contributed by atoms with Gasteiger partial charge in [-0.1, -0.05) is 0 Å². The van der Waals surface area contributed by atoms with Crippen molar-refractivity contribution in [2.45, 2.75) is 6.92 Å². The second-order valence-corrected chi connectivity index (χ2v) is 4.60. The van der Waals surface area contributed by atoms with Crippen molar-refractivity contribution in [2.75, 3.05) is 7.11 Å². The van der Waals surface area contributed by atoms with E-state index in [0.29, 0.717) is 0 Å². The van der Waals surface area contributed by atoms with Crippen LogP contribution in [0, 0.1) is 6.92 Å². The lowest BCUT2D eigenvalue weighted by Gasteiger charge is -2.19. The van der Waals surface area contributed by atoms with Gasteiger partial charge in [-0.2, -0.15) is 0 Å². The van der Waals surface area contributed by atoms with Crippen LogP contribution in [-0.4, -0.2) is 28.8 Å². The van der Waals surface area contributed by atoms with Gasteiger partial charge in [-0.05, 0) is 30.7 Å². The summed E-state index contributed by atoms with van der Waals surface area (Å²) in [4.78, 5) is 29.0. The van der Waals surface area contributed by atoms with Crippen LogP contribution in [0.25, 0.3) is 0 Å². The van der Waals surface area contributed by atoms with E-state index in [1.165, 1.54) is 25.4 Å². The number of nitrogens with zero attached hydrogens (tertiary/aromatic N) is 1. The largest absolute Gasteiger partial charge is 0.507 e. The minimum absolute atomic E-state index is 0.0433. The molecule has 1 heterocycles. The van der Waals surface area contributed by atoms with E-state index in [9.17, 15) is 14.7 Å². The van der Waals surface area contributed by atoms with Crippen molar-refractivity contribution < 1.29 is 19.4 Å². The monoisotopic (exact) mass is 269 g/mol. The highest BCUT2D eigenvalue weighted by molar-refractivity contribution is 6.29. The van der Waals surface area contributed by atoms with Gasteiger partial charge in [0.1, 0.15) is 17.2 Å². The Bertz CT molecular complexity index is 765. The molecule has 0 spiro atoms. The number of ether oxygens (including phenoxy) is 1. The maximum absolute atomic E-state index is 12.6. The first-order valence-electron chi connectivity index (χ1n) is 6.00. The highest BCUT2D eigenvalue weighted by Gasteiger charge is 2.35. The number of phenolic OH excluding ortho intramolecular Hbond substituents is 1. The number of fused-ring (bicyclic) bond motifs is 2. The summed E-state index contributed by atoms with van der Waals surface area (Å²) in [5.41, 5.74) is 1.14. The van der Waals surface area contributed by atoms with Crippen molar-refractivity contribution in [3.8, 4) is 11.5 Å². The minimum atomic E-state index is -0.467. The fraction of sp³-hybridized carbons (Fsp3) is 0.133. The SMILES string of the molecule is COc1ccc(O)c2c1C(=O)c1cc(C)cnc1C2=O. The molecule has 0 unspecified atom stereocenters. The van der Waals surface area contributed by atoms with Crippen LogP contribution in [0.1, 0.15) is 37.5 Å². The Labute approximate surface area is 114 Å². The Morgan fingerprint density at radius 2 is 1.90 bits per heavy atom. The lowest BCUT2D eigenvalue weighted by Crippen LogP contribution is -2.23. The van der Waals surface area contributed by atoms with Crippen LogP contribution in [0.2, 0.25) is 0 Å². The van der Waals surface area contributed by atoms with Gasteiger partial charge >= 0.3 is 0 Å². The first-order chi connectivity index (χ1) is 9.54. The average molecular weight is 269 g/mol. The van der Waals surface area contributed by atoms with Gasteiger partial charge in [-0.25, -0.2) is 0 Å². The minimum Gasteiger partial charge on any atom is -0.507 e. The van der Waals surface area contributed by atoms with Crippen LogP contribution in [-0.2, 0) is 0 Å². The molecule has 1 aromatic heterocycles. The lowest BCUT2D eigenvalue weighted by molar-refractivity contribution is 0.0970. The molecule has 1 aliphatic rings. The molecule has 3 rings (SSSR count). The maximum Gasteiger partial charge on any atom is 0.216 e. The molecule has 0 radical (unpaired) electrons. The van der Waals surface area contributed by atoms with Gasteiger partial charge in [-0.3, -0.25) is 14.6 Å². The molecule has 0 saturated carbocycles. The summed E-state index contributed by atoms with van der Waals surface area (Å²) >= 11 is 0. The predicted molar refractivity (Wildman–Crippen MR) is 70.5 cm³/mol. The van der Waals surface area contributed by atoms with E-state index in [4.69, 9.17) is 4.74 Å². The molecule has 0 atom stereocenters. The Morgan fingerprint density at radius 3 is 2.60 bits per heavy atom. The number of hydrogen-bond donors (Lipinski definition) is 1. The Balaban J connectivity index is 2.37. The molecule has 2 aromatic rings. The van der Waals surface area contributed by atoms with Crippen LogP contribution in [0.4, 0.5) is 0 Å². The zero-order valence-corrected chi connectivity index (χ0v) is 10.9. The number of phenols is 1. The quantitative estimate of drug-likeness (QED) is 0.730. The smallest absolute Gasteiger partial charge is 0.216 e. The summed E-state index contributed by atoms with van der Waals surface area (Å²) < 4.78 is 5.13. The number of aromatic nitrogens is 1. The van der Waals surface area contributed by atoms with E-state index in [0.717, 1.165) is 5.56 Å². The van der Waals surface area contributed by atoms with Crippen LogP contribution in [0.5, 0.6) is 11.5 Å².